The molecule has 4 aliphatic carbocycles. The minimum absolute atomic E-state index is 0.0556. The zero-order chi connectivity index (χ0) is 34.0. The zero-order valence-corrected chi connectivity index (χ0v) is 29.6. The first-order chi connectivity index (χ1) is 24.6. The minimum atomic E-state index is -0.562. The molecule has 1 heterocycles. The summed E-state index contributed by atoms with van der Waals surface area (Å²) in [7, 11) is 0. The van der Waals surface area contributed by atoms with Gasteiger partial charge in [-0.15, -0.1) is 0 Å². The number of hydrogen-bond acceptors (Lipinski definition) is 6. The molecular formula is C43H56N2O5. The number of carbonyl (C=O) groups excluding carboxylic acids is 1. The van der Waals surface area contributed by atoms with Crippen molar-refractivity contribution in [2.45, 2.75) is 102 Å². The first-order valence-corrected chi connectivity index (χ1v) is 19.2. The van der Waals surface area contributed by atoms with Crippen molar-refractivity contribution in [3.05, 3.63) is 108 Å². The van der Waals surface area contributed by atoms with Gasteiger partial charge in [0.1, 0.15) is 18.2 Å². The van der Waals surface area contributed by atoms with Crippen LogP contribution in [-0.4, -0.2) is 56.6 Å². The van der Waals surface area contributed by atoms with E-state index in [1.165, 1.54) is 38.5 Å². The van der Waals surface area contributed by atoms with E-state index >= 15 is 0 Å². The third kappa shape index (κ3) is 9.42. The maximum Gasteiger partial charge on any atom is 0.239 e. The predicted molar refractivity (Wildman–Crippen MR) is 195 cm³/mol. The molecule has 7 nitrogen and oxygen atoms in total. The number of ether oxygens (including phenoxy) is 4. The van der Waals surface area contributed by atoms with Crippen molar-refractivity contribution in [1.82, 2.24) is 10.6 Å². The lowest BCUT2D eigenvalue weighted by atomic mass is 9.50. The van der Waals surface area contributed by atoms with Gasteiger partial charge in [-0.05, 0) is 97.6 Å². The van der Waals surface area contributed by atoms with Crippen molar-refractivity contribution < 1.29 is 23.7 Å². The molecule has 1 amide bonds. The monoisotopic (exact) mass is 680 g/mol. The fourth-order valence-electron chi connectivity index (χ4n) is 9.60. The number of rotatable bonds is 19. The smallest absolute Gasteiger partial charge is 0.239 e. The van der Waals surface area contributed by atoms with Crippen LogP contribution in [0.5, 0.6) is 0 Å². The molecule has 3 aromatic carbocycles. The number of amides is 1. The number of hydrogen-bond donors (Lipinski definition) is 2. The van der Waals surface area contributed by atoms with Crippen LogP contribution in [0.25, 0.3) is 0 Å². The highest BCUT2D eigenvalue weighted by Crippen LogP contribution is 2.60. The van der Waals surface area contributed by atoms with Crippen molar-refractivity contribution in [2.24, 2.45) is 23.2 Å². The lowest BCUT2D eigenvalue weighted by Gasteiger charge is -2.56. The Bertz CT molecular complexity index is 1420. The molecule has 5 aliphatic rings. The van der Waals surface area contributed by atoms with Crippen molar-refractivity contribution in [2.75, 3.05) is 26.4 Å². The number of unbranched alkanes of at least 4 members (excludes halogenated alkanes) is 2. The highest BCUT2D eigenvalue weighted by molar-refractivity contribution is 5.83. The predicted octanol–water partition coefficient (Wildman–Crippen LogP) is 7.23. The van der Waals surface area contributed by atoms with Crippen LogP contribution in [0.3, 0.4) is 0 Å². The van der Waals surface area contributed by atoms with E-state index in [-0.39, 0.29) is 18.1 Å². The molecule has 268 valence electrons. The zero-order valence-electron chi connectivity index (χ0n) is 29.6. The lowest BCUT2D eigenvalue weighted by Crippen LogP contribution is -2.48. The van der Waals surface area contributed by atoms with Gasteiger partial charge >= 0.3 is 0 Å². The molecule has 4 bridgehead atoms. The van der Waals surface area contributed by atoms with Gasteiger partial charge < -0.3 is 24.3 Å². The molecule has 7 heteroatoms. The second-order valence-electron chi connectivity index (χ2n) is 15.6. The minimum Gasteiger partial charge on any atom is -0.381 e. The number of nitrogens with one attached hydrogen (secondary N) is 2. The summed E-state index contributed by atoms with van der Waals surface area (Å²) in [6.45, 7) is 4.10. The molecule has 4 atom stereocenters. The quantitative estimate of drug-likeness (QED) is 0.130. The van der Waals surface area contributed by atoms with Crippen LogP contribution in [0.2, 0.25) is 0 Å². The maximum atomic E-state index is 13.8. The van der Waals surface area contributed by atoms with Gasteiger partial charge in [0.2, 0.25) is 5.91 Å². The summed E-state index contributed by atoms with van der Waals surface area (Å²) in [4.78, 5) is 13.8. The molecule has 0 aromatic heterocycles. The van der Waals surface area contributed by atoms with Crippen LogP contribution in [0.15, 0.2) is 91.0 Å². The SMILES string of the molecule is O=C(NCCCCCOCC12CC3CC(CC(C3)C1)C2)[C@@H]1N[C@H](COCc2ccccc2)[C@H](OCc2ccccc2)[C@@H]1OCc1ccccc1. The van der Waals surface area contributed by atoms with Gasteiger partial charge in [-0.25, -0.2) is 0 Å². The third-order valence-corrected chi connectivity index (χ3v) is 11.5. The van der Waals surface area contributed by atoms with Crippen LogP contribution >= 0.6 is 0 Å². The van der Waals surface area contributed by atoms with E-state index in [9.17, 15) is 4.79 Å². The summed E-state index contributed by atoms with van der Waals surface area (Å²) in [6, 6.07) is 29.6. The van der Waals surface area contributed by atoms with Crippen molar-refractivity contribution in [3.63, 3.8) is 0 Å². The molecule has 0 spiro atoms. The van der Waals surface area contributed by atoms with Gasteiger partial charge in [0.15, 0.2) is 0 Å². The Morgan fingerprint density at radius 1 is 0.660 bits per heavy atom. The van der Waals surface area contributed by atoms with Gasteiger partial charge in [-0.3, -0.25) is 10.1 Å². The standard InChI is InChI=1S/C43H56N2O5/c46-42(44-19-11-4-12-20-47-31-43-24-35-21-36(25-43)23-37(22-35)26-43)39-41(50-29-34-17-9-3-10-18-34)40(49-28-33-15-7-2-8-16-33)38(45-39)30-48-27-32-13-5-1-6-14-32/h1-3,5-10,13-18,35-41,45H,4,11-12,19-31H2,(H,44,46)/t35?,36?,37?,38-,39-,40+,41-,43?/m1/s1. The highest BCUT2D eigenvalue weighted by atomic mass is 16.5. The normalized spacial score (nSPS) is 29.7. The fourth-order valence-corrected chi connectivity index (χ4v) is 9.60. The largest absolute Gasteiger partial charge is 0.381 e. The fraction of sp³-hybridized carbons (Fsp3) is 0.558. The van der Waals surface area contributed by atoms with E-state index in [1.54, 1.807) is 0 Å². The van der Waals surface area contributed by atoms with E-state index < -0.39 is 12.1 Å². The van der Waals surface area contributed by atoms with Crippen molar-refractivity contribution in [3.8, 4) is 0 Å². The van der Waals surface area contributed by atoms with E-state index in [4.69, 9.17) is 18.9 Å². The summed E-state index contributed by atoms with van der Waals surface area (Å²) in [5.41, 5.74) is 3.72. The summed E-state index contributed by atoms with van der Waals surface area (Å²) < 4.78 is 25.6. The average Bonchev–Trinajstić information content (AvgIpc) is 3.48. The molecular weight excluding hydrogens is 624 g/mol. The first-order valence-electron chi connectivity index (χ1n) is 19.2. The third-order valence-electron chi connectivity index (χ3n) is 11.5. The molecule has 2 N–H and O–H groups in total. The molecule has 1 aliphatic heterocycles. The summed E-state index contributed by atoms with van der Waals surface area (Å²) in [5.74, 6) is 2.84. The molecule has 3 aromatic rings. The lowest BCUT2D eigenvalue weighted by molar-refractivity contribution is -0.130. The molecule has 4 saturated carbocycles. The van der Waals surface area contributed by atoms with E-state index in [0.717, 1.165) is 66.9 Å². The Balaban J connectivity index is 0.915. The molecule has 0 radical (unpaired) electrons. The van der Waals surface area contributed by atoms with Crippen molar-refractivity contribution in [1.29, 1.82) is 0 Å². The van der Waals surface area contributed by atoms with Gasteiger partial charge in [-0.1, -0.05) is 91.0 Å². The van der Waals surface area contributed by atoms with E-state index in [0.29, 0.717) is 38.4 Å². The van der Waals surface area contributed by atoms with Gasteiger partial charge in [-0.2, -0.15) is 0 Å². The molecule has 0 unspecified atom stereocenters. The van der Waals surface area contributed by atoms with E-state index in [1.807, 2.05) is 66.7 Å². The Kier molecular flexibility index (Phi) is 12.3. The molecule has 1 saturated heterocycles. The maximum absolute atomic E-state index is 13.8. The Hall–Kier alpha value is -3.07. The van der Waals surface area contributed by atoms with Crippen LogP contribution < -0.4 is 10.6 Å². The van der Waals surface area contributed by atoms with Gasteiger partial charge in [0.05, 0.1) is 39.1 Å². The number of benzene rings is 3. The summed E-state index contributed by atoms with van der Waals surface area (Å²) in [5, 5.41) is 6.78. The Morgan fingerprint density at radius 2 is 1.20 bits per heavy atom. The summed E-state index contributed by atoms with van der Waals surface area (Å²) >= 11 is 0. The Labute approximate surface area is 298 Å². The first kappa shape index (κ1) is 35.3. The topological polar surface area (TPSA) is 78.1 Å². The van der Waals surface area contributed by atoms with E-state index in [2.05, 4.69) is 34.9 Å². The average molecular weight is 681 g/mol. The van der Waals surface area contributed by atoms with Gasteiger partial charge in [0, 0.05) is 13.2 Å². The summed E-state index contributed by atoms with van der Waals surface area (Å²) in [6.07, 6.45) is 10.7. The number of carbonyl (C=O) groups is 1. The molecule has 8 rings (SSSR count). The van der Waals surface area contributed by atoms with Crippen molar-refractivity contribution >= 4 is 5.91 Å². The van der Waals surface area contributed by atoms with Crippen LogP contribution in [0.4, 0.5) is 0 Å². The Morgan fingerprint density at radius 3 is 1.78 bits per heavy atom. The molecule has 50 heavy (non-hydrogen) atoms. The second-order valence-corrected chi connectivity index (χ2v) is 15.6. The second kappa shape index (κ2) is 17.4. The van der Waals surface area contributed by atoms with Crippen LogP contribution in [0, 0.1) is 23.2 Å². The van der Waals surface area contributed by atoms with Crippen LogP contribution in [0.1, 0.15) is 74.5 Å². The van der Waals surface area contributed by atoms with Gasteiger partial charge in [0.25, 0.3) is 0 Å². The van der Waals surface area contributed by atoms with Crippen LogP contribution in [-0.2, 0) is 43.6 Å². The highest BCUT2D eigenvalue weighted by Gasteiger charge is 2.51. The molecule has 5 fully saturated rings.